The van der Waals surface area contributed by atoms with E-state index in [1.165, 1.54) is 23.9 Å². The zero-order valence-corrected chi connectivity index (χ0v) is 13.9. The number of nitrogens with zero attached hydrogens (tertiary/aromatic N) is 5. The van der Waals surface area contributed by atoms with Crippen LogP contribution in [0.2, 0.25) is 0 Å². The molecule has 0 N–H and O–H groups in total. The molecule has 1 aliphatic rings. The highest BCUT2D eigenvalue weighted by molar-refractivity contribution is 5.76. The summed E-state index contributed by atoms with van der Waals surface area (Å²) in [5, 5.41) is 0. The Balaban J connectivity index is 1.74. The summed E-state index contributed by atoms with van der Waals surface area (Å²) in [6.07, 6.45) is 6.99. The Labute approximate surface area is 139 Å². The van der Waals surface area contributed by atoms with Gasteiger partial charge in [-0.15, -0.1) is 0 Å². The Morgan fingerprint density at radius 3 is 2.83 bits per heavy atom. The molecule has 2 aromatic rings. The molecular formula is C16H21N5O3. The zero-order chi connectivity index (χ0) is 17.3. The van der Waals surface area contributed by atoms with Crippen molar-refractivity contribution in [3.63, 3.8) is 0 Å². The van der Waals surface area contributed by atoms with Gasteiger partial charge in [0.05, 0.1) is 6.04 Å². The molecule has 0 unspecified atom stereocenters. The van der Waals surface area contributed by atoms with Crippen LogP contribution in [-0.4, -0.2) is 42.6 Å². The zero-order valence-electron chi connectivity index (χ0n) is 13.9. The Kier molecular flexibility index (Phi) is 4.37. The molecule has 1 amide bonds. The number of piperidine rings is 1. The Morgan fingerprint density at radius 1 is 1.33 bits per heavy atom. The Hall–Kier alpha value is -2.64. The summed E-state index contributed by atoms with van der Waals surface area (Å²) >= 11 is 0. The molecule has 8 nitrogen and oxygen atoms in total. The van der Waals surface area contributed by atoms with Crippen molar-refractivity contribution in [3.05, 3.63) is 51.3 Å². The van der Waals surface area contributed by atoms with Gasteiger partial charge in [0, 0.05) is 44.8 Å². The maximum atomic E-state index is 12.6. The van der Waals surface area contributed by atoms with Gasteiger partial charge in [-0.25, -0.2) is 9.78 Å². The van der Waals surface area contributed by atoms with Crippen molar-refractivity contribution >= 4 is 5.91 Å². The van der Waals surface area contributed by atoms with Crippen LogP contribution in [0.15, 0.2) is 34.2 Å². The van der Waals surface area contributed by atoms with E-state index in [9.17, 15) is 14.4 Å². The van der Waals surface area contributed by atoms with Gasteiger partial charge in [-0.3, -0.25) is 18.7 Å². The van der Waals surface area contributed by atoms with Crippen LogP contribution >= 0.6 is 0 Å². The molecule has 0 aliphatic carbocycles. The third kappa shape index (κ3) is 3.04. The molecule has 2 aromatic heterocycles. The van der Waals surface area contributed by atoms with E-state index in [0.717, 1.165) is 23.2 Å². The normalized spacial score (nSPS) is 17.9. The number of amides is 1. The van der Waals surface area contributed by atoms with Gasteiger partial charge in [-0.1, -0.05) is 0 Å². The minimum atomic E-state index is -0.477. The first-order valence-corrected chi connectivity index (χ1v) is 8.01. The van der Waals surface area contributed by atoms with Crippen LogP contribution in [-0.2, 0) is 18.4 Å². The van der Waals surface area contributed by atoms with Crippen molar-refractivity contribution < 1.29 is 4.79 Å². The lowest BCUT2D eigenvalue weighted by atomic mass is 10.1. The number of carbonyl (C=O) groups is 1. The fraction of sp³-hybridized carbons (Fsp3) is 0.500. The van der Waals surface area contributed by atoms with Gasteiger partial charge in [-0.2, -0.15) is 0 Å². The second kappa shape index (κ2) is 6.46. The van der Waals surface area contributed by atoms with Gasteiger partial charge >= 0.3 is 5.69 Å². The van der Waals surface area contributed by atoms with Crippen molar-refractivity contribution in [1.29, 1.82) is 0 Å². The van der Waals surface area contributed by atoms with Gasteiger partial charge in [0.1, 0.15) is 12.4 Å². The summed E-state index contributed by atoms with van der Waals surface area (Å²) in [5.74, 6) is 0.821. The number of carbonyl (C=O) groups excluding carboxylic acids is 1. The molecule has 0 saturated carbocycles. The maximum Gasteiger partial charge on any atom is 0.331 e. The summed E-state index contributed by atoms with van der Waals surface area (Å²) < 4.78 is 4.37. The molecule has 0 spiro atoms. The summed E-state index contributed by atoms with van der Waals surface area (Å²) in [6, 6.07) is 1.50. The van der Waals surface area contributed by atoms with E-state index in [1.807, 2.05) is 13.1 Å². The lowest BCUT2D eigenvalue weighted by molar-refractivity contribution is -0.133. The van der Waals surface area contributed by atoms with Crippen LogP contribution in [0.5, 0.6) is 0 Å². The van der Waals surface area contributed by atoms with E-state index in [-0.39, 0.29) is 24.1 Å². The molecule has 8 heteroatoms. The number of likely N-dealkylation sites (tertiary alicyclic amines) is 1. The predicted molar refractivity (Wildman–Crippen MR) is 87.8 cm³/mol. The molecule has 1 saturated heterocycles. The van der Waals surface area contributed by atoms with Gasteiger partial charge in [0.25, 0.3) is 5.56 Å². The number of imidazole rings is 1. The third-order valence-corrected chi connectivity index (χ3v) is 4.57. The van der Waals surface area contributed by atoms with Gasteiger partial charge < -0.3 is 9.47 Å². The topological polar surface area (TPSA) is 82.1 Å². The van der Waals surface area contributed by atoms with Crippen LogP contribution < -0.4 is 11.2 Å². The standard InChI is InChI=1S/C16H21N5O3/c1-12-17-6-9-21(12)13-4-3-7-19(10-13)15(23)11-20-8-5-14(22)18(2)16(20)24/h5-6,8-9,13H,3-4,7,10-11H2,1-2H3/t13-/m0/s1. The minimum Gasteiger partial charge on any atom is -0.339 e. The maximum absolute atomic E-state index is 12.6. The van der Waals surface area contributed by atoms with Crippen LogP contribution in [0.4, 0.5) is 0 Å². The fourth-order valence-electron chi connectivity index (χ4n) is 3.16. The Bertz CT molecular complexity index is 863. The van der Waals surface area contributed by atoms with Gasteiger partial charge in [0.2, 0.25) is 5.91 Å². The van der Waals surface area contributed by atoms with Gasteiger partial charge in [-0.05, 0) is 19.8 Å². The molecular weight excluding hydrogens is 310 g/mol. The van der Waals surface area contributed by atoms with E-state index in [1.54, 1.807) is 11.1 Å². The van der Waals surface area contributed by atoms with Crippen LogP contribution in [0.1, 0.15) is 24.7 Å². The lowest BCUT2D eigenvalue weighted by Gasteiger charge is -2.34. The highest BCUT2D eigenvalue weighted by atomic mass is 16.2. The monoisotopic (exact) mass is 331 g/mol. The molecule has 0 bridgehead atoms. The van der Waals surface area contributed by atoms with Crippen LogP contribution in [0.25, 0.3) is 0 Å². The van der Waals surface area contributed by atoms with Crippen molar-refractivity contribution in [2.24, 2.45) is 7.05 Å². The van der Waals surface area contributed by atoms with E-state index >= 15 is 0 Å². The summed E-state index contributed by atoms with van der Waals surface area (Å²) in [5.41, 5.74) is -0.854. The van der Waals surface area contributed by atoms with Crippen molar-refractivity contribution in [2.75, 3.05) is 13.1 Å². The molecule has 3 heterocycles. The number of aryl methyl sites for hydroxylation is 1. The number of hydrogen-bond donors (Lipinski definition) is 0. The summed E-state index contributed by atoms with van der Waals surface area (Å²) in [4.78, 5) is 42.1. The van der Waals surface area contributed by atoms with Crippen LogP contribution in [0.3, 0.4) is 0 Å². The molecule has 0 radical (unpaired) electrons. The molecule has 1 aliphatic heterocycles. The van der Waals surface area contributed by atoms with E-state index in [2.05, 4.69) is 9.55 Å². The highest BCUT2D eigenvalue weighted by Crippen LogP contribution is 2.22. The molecule has 0 aromatic carbocycles. The SMILES string of the molecule is Cc1nccn1[C@H]1CCCN(C(=O)Cn2ccc(=O)n(C)c2=O)C1. The first-order chi connectivity index (χ1) is 11.5. The smallest absolute Gasteiger partial charge is 0.331 e. The summed E-state index contributed by atoms with van der Waals surface area (Å²) in [6.45, 7) is 3.19. The number of aromatic nitrogens is 4. The second-order valence-electron chi connectivity index (χ2n) is 6.14. The molecule has 3 rings (SSSR count). The van der Waals surface area contributed by atoms with E-state index in [4.69, 9.17) is 0 Å². The number of rotatable bonds is 3. The first kappa shape index (κ1) is 16.2. The van der Waals surface area contributed by atoms with Crippen molar-refractivity contribution in [1.82, 2.24) is 23.6 Å². The molecule has 24 heavy (non-hydrogen) atoms. The molecule has 1 atom stereocenters. The third-order valence-electron chi connectivity index (χ3n) is 4.57. The average Bonchev–Trinajstić information content (AvgIpc) is 3.01. The first-order valence-electron chi connectivity index (χ1n) is 8.01. The summed E-state index contributed by atoms with van der Waals surface area (Å²) in [7, 11) is 1.41. The Morgan fingerprint density at radius 2 is 2.12 bits per heavy atom. The average molecular weight is 331 g/mol. The largest absolute Gasteiger partial charge is 0.339 e. The fourth-order valence-corrected chi connectivity index (χ4v) is 3.16. The highest BCUT2D eigenvalue weighted by Gasteiger charge is 2.25. The van der Waals surface area contributed by atoms with Crippen molar-refractivity contribution in [3.8, 4) is 0 Å². The quantitative estimate of drug-likeness (QED) is 0.787. The molecule has 1 fully saturated rings. The predicted octanol–water partition coefficient (Wildman–Crippen LogP) is -0.0844. The lowest BCUT2D eigenvalue weighted by Crippen LogP contribution is -2.45. The van der Waals surface area contributed by atoms with E-state index < -0.39 is 5.69 Å². The van der Waals surface area contributed by atoms with E-state index in [0.29, 0.717) is 13.1 Å². The number of hydrogen-bond acceptors (Lipinski definition) is 4. The minimum absolute atomic E-state index is 0.0530. The molecule has 128 valence electrons. The van der Waals surface area contributed by atoms with Crippen molar-refractivity contribution in [2.45, 2.75) is 32.4 Å². The van der Waals surface area contributed by atoms with Crippen LogP contribution in [0, 0.1) is 6.92 Å². The van der Waals surface area contributed by atoms with Gasteiger partial charge in [0.15, 0.2) is 0 Å². The second-order valence-corrected chi connectivity index (χ2v) is 6.14.